The number of aryl methyl sites for hydroxylation is 1. The molecule has 0 fully saturated rings. The van der Waals surface area contributed by atoms with Crippen LogP contribution in [0.3, 0.4) is 0 Å². The molecule has 1 amide bonds. The van der Waals surface area contributed by atoms with Gasteiger partial charge in [0.25, 0.3) is 0 Å². The molecule has 6 nitrogen and oxygen atoms in total. The van der Waals surface area contributed by atoms with Crippen molar-refractivity contribution in [3.8, 4) is 0 Å². The highest BCUT2D eigenvalue weighted by molar-refractivity contribution is 9.10. The summed E-state index contributed by atoms with van der Waals surface area (Å²) in [4.78, 5) is 15.8. The molecule has 3 aromatic rings. The summed E-state index contributed by atoms with van der Waals surface area (Å²) < 4.78 is 26.0. The van der Waals surface area contributed by atoms with Gasteiger partial charge in [-0.05, 0) is 48.9 Å². The number of aromatic amines is 1. The van der Waals surface area contributed by atoms with Crippen LogP contribution in [0, 0.1) is 6.92 Å². The number of aromatic nitrogens is 1. The summed E-state index contributed by atoms with van der Waals surface area (Å²) in [5.41, 5.74) is 3.79. The minimum atomic E-state index is -3.37. The molecule has 2 aromatic carbocycles. The molecule has 0 saturated heterocycles. The maximum Gasteiger partial charge on any atom is 0.229 e. The van der Waals surface area contributed by atoms with Gasteiger partial charge >= 0.3 is 0 Å². The van der Waals surface area contributed by atoms with Crippen LogP contribution in [0.4, 0.5) is 11.4 Å². The van der Waals surface area contributed by atoms with Crippen molar-refractivity contribution in [2.24, 2.45) is 0 Å². The standard InChI is InChI=1S/C18H18BrN3O3S/c1-11-15(16-8-12(19)6-7-17(16)20-11)10-18(23)21-13-4-3-5-14(9-13)22-26(2,24)25/h3-9,20,22H,10H2,1-2H3,(H,21,23). The highest BCUT2D eigenvalue weighted by Crippen LogP contribution is 2.26. The van der Waals surface area contributed by atoms with Crippen LogP contribution in [0.2, 0.25) is 0 Å². The second-order valence-electron chi connectivity index (χ2n) is 6.10. The number of carbonyl (C=O) groups is 1. The first-order valence-electron chi connectivity index (χ1n) is 7.86. The van der Waals surface area contributed by atoms with Crippen molar-refractivity contribution in [3.05, 3.63) is 58.2 Å². The van der Waals surface area contributed by atoms with Gasteiger partial charge in [0, 0.05) is 26.8 Å². The molecule has 0 aliphatic carbocycles. The number of benzene rings is 2. The molecule has 1 aromatic heterocycles. The van der Waals surface area contributed by atoms with Crippen molar-refractivity contribution >= 4 is 54.1 Å². The van der Waals surface area contributed by atoms with Crippen LogP contribution in [0.5, 0.6) is 0 Å². The van der Waals surface area contributed by atoms with Gasteiger partial charge in [-0.25, -0.2) is 8.42 Å². The van der Waals surface area contributed by atoms with Crippen molar-refractivity contribution in [1.29, 1.82) is 0 Å². The molecule has 0 spiro atoms. The second-order valence-corrected chi connectivity index (χ2v) is 8.76. The van der Waals surface area contributed by atoms with Gasteiger partial charge in [-0.3, -0.25) is 9.52 Å². The number of halogens is 1. The third-order valence-electron chi connectivity index (χ3n) is 3.87. The molecule has 0 atom stereocenters. The highest BCUT2D eigenvalue weighted by Gasteiger charge is 2.13. The Labute approximate surface area is 160 Å². The Morgan fingerprint density at radius 2 is 1.88 bits per heavy atom. The van der Waals surface area contributed by atoms with E-state index in [4.69, 9.17) is 0 Å². The Balaban J connectivity index is 1.79. The van der Waals surface area contributed by atoms with Crippen LogP contribution in [0.15, 0.2) is 46.9 Å². The van der Waals surface area contributed by atoms with Gasteiger partial charge in [0.2, 0.25) is 15.9 Å². The first kappa shape index (κ1) is 18.5. The molecule has 0 aliphatic heterocycles. The number of anilines is 2. The van der Waals surface area contributed by atoms with Crippen LogP contribution in [-0.4, -0.2) is 25.6 Å². The van der Waals surface area contributed by atoms with E-state index in [-0.39, 0.29) is 12.3 Å². The van der Waals surface area contributed by atoms with Gasteiger partial charge in [0.15, 0.2) is 0 Å². The lowest BCUT2D eigenvalue weighted by molar-refractivity contribution is -0.115. The summed E-state index contributed by atoms with van der Waals surface area (Å²) in [5, 5.41) is 3.81. The molecule has 26 heavy (non-hydrogen) atoms. The number of nitrogens with one attached hydrogen (secondary N) is 3. The van der Waals surface area contributed by atoms with Gasteiger partial charge in [-0.15, -0.1) is 0 Å². The predicted octanol–water partition coefficient (Wildman–Crippen LogP) is 3.79. The van der Waals surface area contributed by atoms with E-state index < -0.39 is 10.0 Å². The average molecular weight is 436 g/mol. The lowest BCUT2D eigenvalue weighted by Gasteiger charge is -2.09. The Bertz CT molecular complexity index is 1090. The first-order valence-corrected chi connectivity index (χ1v) is 10.5. The zero-order valence-corrected chi connectivity index (χ0v) is 16.7. The lowest BCUT2D eigenvalue weighted by atomic mass is 10.1. The fraction of sp³-hybridized carbons (Fsp3) is 0.167. The quantitative estimate of drug-likeness (QED) is 0.569. The average Bonchev–Trinajstić information content (AvgIpc) is 2.81. The molecule has 0 saturated carbocycles. The van der Waals surface area contributed by atoms with E-state index >= 15 is 0 Å². The molecule has 0 bridgehead atoms. The van der Waals surface area contributed by atoms with Crippen LogP contribution >= 0.6 is 15.9 Å². The third-order valence-corrected chi connectivity index (χ3v) is 4.97. The smallest absolute Gasteiger partial charge is 0.229 e. The van der Waals surface area contributed by atoms with E-state index in [0.717, 1.165) is 32.9 Å². The maximum absolute atomic E-state index is 12.5. The zero-order valence-electron chi connectivity index (χ0n) is 14.3. The van der Waals surface area contributed by atoms with Crippen molar-refractivity contribution in [1.82, 2.24) is 4.98 Å². The molecule has 0 aliphatic rings. The number of rotatable bonds is 5. The summed E-state index contributed by atoms with van der Waals surface area (Å²) in [7, 11) is -3.37. The first-order chi connectivity index (χ1) is 12.2. The van der Waals surface area contributed by atoms with Gasteiger partial charge in [0.05, 0.1) is 18.4 Å². The normalized spacial score (nSPS) is 11.5. The number of hydrogen-bond donors (Lipinski definition) is 3. The maximum atomic E-state index is 12.5. The Morgan fingerprint density at radius 1 is 1.15 bits per heavy atom. The molecule has 1 heterocycles. The molecule has 0 radical (unpaired) electrons. The topological polar surface area (TPSA) is 91.1 Å². The van der Waals surface area contributed by atoms with E-state index in [0.29, 0.717) is 11.4 Å². The molecule has 8 heteroatoms. The summed E-state index contributed by atoms with van der Waals surface area (Å²) in [5.74, 6) is -0.175. The fourth-order valence-corrected chi connectivity index (χ4v) is 3.74. The largest absolute Gasteiger partial charge is 0.358 e. The number of fused-ring (bicyclic) bond motifs is 1. The second kappa shape index (κ2) is 7.13. The molecule has 0 unspecified atom stereocenters. The SMILES string of the molecule is Cc1[nH]c2ccc(Br)cc2c1CC(=O)Nc1cccc(NS(C)(=O)=O)c1. The van der Waals surface area contributed by atoms with Crippen LogP contribution < -0.4 is 10.0 Å². The molecular weight excluding hydrogens is 418 g/mol. The lowest BCUT2D eigenvalue weighted by Crippen LogP contribution is -2.15. The Morgan fingerprint density at radius 3 is 2.62 bits per heavy atom. The summed E-state index contributed by atoms with van der Waals surface area (Å²) in [6, 6.07) is 12.5. The summed E-state index contributed by atoms with van der Waals surface area (Å²) in [6.07, 6.45) is 1.29. The molecular formula is C18H18BrN3O3S. The van der Waals surface area contributed by atoms with Crippen LogP contribution in [0.1, 0.15) is 11.3 Å². The van der Waals surface area contributed by atoms with Crippen LogP contribution in [0.25, 0.3) is 10.9 Å². The van der Waals surface area contributed by atoms with Gasteiger partial charge in [-0.2, -0.15) is 0 Å². The van der Waals surface area contributed by atoms with Gasteiger partial charge < -0.3 is 10.3 Å². The van der Waals surface area contributed by atoms with E-state index in [9.17, 15) is 13.2 Å². The number of H-pyrrole nitrogens is 1. The van der Waals surface area contributed by atoms with Crippen molar-refractivity contribution in [2.45, 2.75) is 13.3 Å². The predicted molar refractivity (Wildman–Crippen MR) is 108 cm³/mol. The van der Waals surface area contributed by atoms with Gasteiger partial charge in [0.1, 0.15) is 0 Å². The van der Waals surface area contributed by atoms with Crippen molar-refractivity contribution < 1.29 is 13.2 Å². The summed E-state index contributed by atoms with van der Waals surface area (Å²) >= 11 is 3.46. The Hall–Kier alpha value is -2.32. The monoisotopic (exact) mass is 435 g/mol. The van der Waals surface area contributed by atoms with Crippen LogP contribution in [-0.2, 0) is 21.2 Å². The number of amides is 1. The molecule has 3 rings (SSSR count). The minimum absolute atomic E-state index is 0.175. The third kappa shape index (κ3) is 4.44. The minimum Gasteiger partial charge on any atom is -0.358 e. The Kier molecular flexibility index (Phi) is 5.06. The van der Waals surface area contributed by atoms with E-state index in [1.807, 2.05) is 25.1 Å². The van der Waals surface area contributed by atoms with E-state index in [2.05, 4.69) is 31.0 Å². The van der Waals surface area contributed by atoms with Gasteiger partial charge in [-0.1, -0.05) is 22.0 Å². The highest BCUT2D eigenvalue weighted by atomic mass is 79.9. The van der Waals surface area contributed by atoms with Crippen molar-refractivity contribution in [3.63, 3.8) is 0 Å². The fourth-order valence-electron chi connectivity index (χ4n) is 2.82. The molecule has 3 N–H and O–H groups in total. The van der Waals surface area contributed by atoms with E-state index in [1.54, 1.807) is 24.3 Å². The number of hydrogen-bond acceptors (Lipinski definition) is 3. The number of sulfonamides is 1. The zero-order chi connectivity index (χ0) is 18.9. The van der Waals surface area contributed by atoms with E-state index in [1.165, 1.54) is 0 Å². The number of carbonyl (C=O) groups excluding carboxylic acids is 1. The molecule has 136 valence electrons. The summed E-state index contributed by atoms with van der Waals surface area (Å²) in [6.45, 7) is 1.94. The van der Waals surface area contributed by atoms with Crippen molar-refractivity contribution in [2.75, 3.05) is 16.3 Å².